The fourth-order valence-corrected chi connectivity index (χ4v) is 2.52. The quantitative estimate of drug-likeness (QED) is 0.888. The zero-order valence-corrected chi connectivity index (χ0v) is 10.0. The van der Waals surface area contributed by atoms with Gasteiger partial charge in [-0.2, -0.15) is 5.26 Å². The van der Waals surface area contributed by atoms with E-state index in [2.05, 4.69) is 9.71 Å². The van der Waals surface area contributed by atoms with Crippen molar-refractivity contribution in [2.24, 2.45) is 0 Å². The van der Waals surface area contributed by atoms with Crippen LogP contribution in [-0.4, -0.2) is 13.4 Å². The van der Waals surface area contributed by atoms with Gasteiger partial charge in [-0.15, -0.1) is 0 Å². The van der Waals surface area contributed by atoms with Crippen LogP contribution in [0.3, 0.4) is 0 Å². The van der Waals surface area contributed by atoms with E-state index in [1.165, 1.54) is 24.8 Å². The van der Waals surface area contributed by atoms with E-state index in [1.807, 2.05) is 6.07 Å². The van der Waals surface area contributed by atoms with Crippen LogP contribution in [0.1, 0.15) is 11.3 Å². The van der Waals surface area contributed by atoms with Crippen LogP contribution in [0.2, 0.25) is 0 Å². The van der Waals surface area contributed by atoms with E-state index in [4.69, 9.17) is 9.68 Å². The number of nitrogens with zero attached hydrogens (tertiary/aromatic N) is 2. The summed E-state index contributed by atoms with van der Waals surface area (Å²) in [7, 11) is -3.73. The van der Waals surface area contributed by atoms with E-state index in [0.717, 1.165) is 0 Å². The van der Waals surface area contributed by atoms with Crippen LogP contribution in [0, 0.1) is 11.3 Å². The number of nitriles is 1. The first-order valence-corrected chi connectivity index (χ1v) is 6.47. The highest BCUT2D eigenvalue weighted by molar-refractivity contribution is 7.89. The second kappa shape index (κ2) is 5.00. The van der Waals surface area contributed by atoms with Crippen LogP contribution in [0.4, 0.5) is 0 Å². The first-order chi connectivity index (χ1) is 8.63. The standard InChI is InChI=1S/C11H9N3O3S/c12-5-9-3-1-2-4-11(9)18(15,16)14-6-10-7-17-8-13-10/h1-4,7-8,14H,6H2. The average Bonchev–Trinajstić information content (AvgIpc) is 2.89. The first kappa shape index (κ1) is 12.3. The number of oxazole rings is 1. The maximum absolute atomic E-state index is 12.0. The molecule has 2 aromatic rings. The molecule has 0 radical (unpaired) electrons. The van der Waals surface area contributed by atoms with Crippen molar-refractivity contribution in [1.82, 2.24) is 9.71 Å². The Morgan fingerprint density at radius 2 is 2.17 bits per heavy atom. The molecule has 0 fully saturated rings. The third-order valence-corrected chi connectivity index (χ3v) is 3.68. The number of rotatable bonds is 4. The highest BCUT2D eigenvalue weighted by Gasteiger charge is 2.17. The Morgan fingerprint density at radius 1 is 1.39 bits per heavy atom. The van der Waals surface area contributed by atoms with Crippen molar-refractivity contribution in [3.63, 3.8) is 0 Å². The number of aromatic nitrogens is 1. The van der Waals surface area contributed by atoms with Crippen LogP contribution in [0.5, 0.6) is 0 Å². The lowest BCUT2D eigenvalue weighted by molar-refractivity contribution is 0.555. The van der Waals surface area contributed by atoms with Gasteiger partial charge in [0.25, 0.3) is 0 Å². The Balaban J connectivity index is 2.23. The van der Waals surface area contributed by atoms with E-state index in [-0.39, 0.29) is 17.0 Å². The van der Waals surface area contributed by atoms with Crippen molar-refractivity contribution in [2.75, 3.05) is 0 Å². The summed E-state index contributed by atoms with van der Waals surface area (Å²) in [5.41, 5.74) is 0.568. The third kappa shape index (κ3) is 2.56. The molecule has 1 N–H and O–H groups in total. The Hall–Kier alpha value is -2.17. The molecule has 0 spiro atoms. The van der Waals surface area contributed by atoms with E-state index >= 15 is 0 Å². The molecule has 7 heteroatoms. The zero-order chi connectivity index (χ0) is 13.0. The average molecular weight is 263 g/mol. The molecule has 6 nitrogen and oxygen atoms in total. The molecule has 0 amide bonds. The third-order valence-electron chi connectivity index (χ3n) is 2.22. The lowest BCUT2D eigenvalue weighted by Gasteiger charge is -2.06. The number of benzene rings is 1. The largest absolute Gasteiger partial charge is 0.451 e. The lowest BCUT2D eigenvalue weighted by atomic mass is 10.2. The Labute approximate surface area is 104 Å². The summed E-state index contributed by atoms with van der Waals surface area (Å²) < 4.78 is 31.1. The fraction of sp³-hybridized carbons (Fsp3) is 0.0909. The lowest BCUT2D eigenvalue weighted by Crippen LogP contribution is -2.24. The maximum Gasteiger partial charge on any atom is 0.242 e. The summed E-state index contributed by atoms with van der Waals surface area (Å²) in [5, 5.41) is 8.86. The van der Waals surface area contributed by atoms with Gasteiger partial charge in [0.05, 0.1) is 22.7 Å². The van der Waals surface area contributed by atoms with Crippen LogP contribution in [-0.2, 0) is 16.6 Å². The minimum atomic E-state index is -3.73. The molecule has 92 valence electrons. The summed E-state index contributed by atoms with van der Waals surface area (Å²) in [6, 6.07) is 7.84. The van der Waals surface area contributed by atoms with Gasteiger partial charge in [0.1, 0.15) is 12.3 Å². The molecule has 0 saturated carbocycles. The van der Waals surface area contributed by atoms with Gasteiger partial charge in [-0.05, 0) is 12.1 Å². The summed E-state index contributed by atoms with van der Waals surface area (Å²) in [5.74, 6) is 0. The highest BCUT2D eigenvalue weighted by Crippen LogP contribution is 2.14. The Kier molecular flexibility index (Phi) is 3.41. The van der Waals surface area contributed by atoms with Crippen LogP contribution in [0.25, 0.3) is 0 Å². The van der Waals surface area contributed by atoms with Crippen LogP contribution < -0.4 is 4.72 Å². The van der Waals surface area contributed by atoms with Crippen molar-refractivity contribution >= 4 is 10.0 Å². The van der Waals surface area contributed by atoms with Gasteiger partial charge in [0.2, 0.25) is 10.0 Å². The van der Waals surface area contributed by atoms with E-state index in [0.29, 0.717) is 5.69 Å². The van der Waals surface area contributed by atoms with Gasteiger partial charge in [-0.1, -0.05) is 12.1 Å². The summed E-state index contributed by atoms with van der Waals surface area (Å²) in [6.07, 6.45) is 2.56. The van der Waals surface area contributed by atoms with Crippen molar-refractivity contribution in [2.45, 2.75) is 11.4 Å². The minimum Gasteiger partial charge on any atom is -0.451 e. The molecule has 0 unspecified atom stereocenters. The SMILES string of the molecule is N#Cc1ccccc1S(=O)(=O)NCc1cocn1. The smallest absolute Gasteiger partial charge is 0.242 e. The molecular formula is C11H9N3O3S. The zero-order valence-electron chi connectivity index (χ0n) is 9.20. The number of sulfonamides is 1. The van der Waals surface area contributed by atoms with Gasteiger partial charge in [0, 0.05) is 0 Å². The molecule has 0 aliphatic heterocycles. The molecule has 1 heterocycles. The Morgan fingerprint density at radius 3 is 2.83 bits per heavy atom. The minimum absolute atomic E-state index is 0.0125. The number of hydrogen-bond donors (Lipinski definition) is 1. The predicted octanol–water partition coefficient (Wildman–Crippen LogP) is 1.02. The molecule has 18 heavy (non-hydrogen) atoms. The van der Waals surface area contributed by atoms with Gasteiger partial charge < -0.3 is 4.42 Å². The number of hydrogen-bond acceptors (Lipinski definition) is 5. The molecular weight excluding hydrogens is 254 g/mol. The van der Waals surface area contributed by atoms with Gasteiger partial charge >= 0.3 is 0 Å². The topological polar surface area (TPSA) is 96.0 Å². The second-order valence-corrected chi connectivity index (χ2v) is 5.15. The fourth-order valence-electron chi connectivity index (χ4n) is 1.36. The highest BCUT2D eigenvalue weighted by atomic mass is 32.2. The molecule has 0 bridgehead atoms. The molecule has 1 aromatic heterocycles. The molecule has 0 aliphatic carbocycles. The molecule has 0 aliphatic rings. The first-order valence-electron chi connectivity index (χ1n) is 4.99. The molecule has 2 rings (SSSR count). The van der Waals surface area contributed by atoms with Crippen molar-refractivity contribution < 1.29 is 12.8 Å². The molecule has 0 saturated heterocycles. The van der Waals surface area contributed by atoms with Gasteiger partial charge in [-0.25, -0.2) is 18.1 Å². The van der Waals surface area contributed by atoms with E-state index < -0.39 is 10.0 Å². The molecule has 1 aromatic carbocycles. The van der Waals surface area contributed by atoms with Crippen LogP contribution in [0.15, 0.2) is 46.2 Å². The summed E-state index contributed by atoms with van der Waals surface area (Å²) in [6.45, 7) is 0.0125. The maximum atomic E-state index is 12.0. The van der Waals surface area contributed by atoms with E-state index in [9.17, 15) is 8.42 Å². The van der Waals surface area contributed by atoms with Crippen molar-refractivity contribution in [3.8, 4) is 6.07 Å². The van der Waals surface area contributed by atoms with Gasteiger partial charge in [-0.3, -0.25) is 0 Å². The van der Waals surface area contributed by atoms with Gasteiger partial charge in [0.15, 0.2) is 6.39 Å². The summed E-state index contributed by atoms with van der Waals surface area (Å²) >= 11 is 0. The van der Waals surface area contributed by atoms with Crippen molar-refractivity contribution in [3.05, 3.63) is 48.2 Å². The monoisotopic (exact) mass is 263 g/mol. The van der Waals surface area contributed by atoms with Crippen molar-refractivity contribution in [1.29, 1.82) is 5.26 Å². The Bertz CT molecular complexity index is 672. The van der Waals surface area contributed by atoms with Crippen LogP contribution >= 0.6 is 0 Å². The second-order valence-electron chi connectivity index (χ2n) is 3.41. The predicted molar refractivity (Wildman–Crippen MR) is 61.7 cm³/mol. The summed E-state index contributed by atoms with van der Waals surface area (Å²) in [4.78, 5) is 3.75. The number of nitrogens with one attached hydrogen (secondary N) is 1. The normalized spacial score (nSPS) is 11.1. The molecule has 0 atom stereocenters. The van der Waals surface area contributed by atoms with E-state index in [1.54, 1.807) is 12.1 Å².